The SMILES string of the molecule is O=C(O)/C(=C\c1ccccc1)Oc1ccc(Cl)cc1. The molecule has 0 aliphatic rings. The van der Waals surface area contributed by atoms with Crippen molar-refractivity contribution in [3.8, 4) is 5.75 Å². The van der Waals surface area contributed by atoms with Crippen molar-refractivity contribution in [3.05, 3.63) is 70.9 Å². The van der Waals surface area contributed by atoms with E-state index in [2.05, 4.69) is 0 Å². The molecule has 0 amide bonds. The van der Waals surface area contributed by atoms with Crippen molar-refractivity contribution in [1.29, 1.82) is 0 Å². The summed E-state index contributed by atoms with van der Waals surface area (Å²) < 4.78 is 5.34. The highest BCUT2D eigenvalue weighted by Gasteiger charge is 2.10. The van der Waals surface area contributed by atoms with E-state index in [0.717, 1.165) is 5.56 Å². The van der Waals surface area contributed by atoms with Gasteiger partial charge in [-0.3, -0.25) is 0 Å². The zero-order valence-electron chi connectivity index (χ0n) is 9.92. The molecule has 0 saturated carbocycles. The molecule has 0 bridgehead atoms. The fourth-order valence-corrected chi connectivity index (χ4v) is 1.59. The maximum absolute atomic E-state index is 11.2. The second kappa shape index (κ2) is 6.07. The van der Waals surface area contributed by atoms with E-state index in [4.69, 9.17) is 21.4 Å². The lowest BCUT2D eigenvalue weighted by Gasteiger charge is -2.06. The van der Waals surface area contributed by atoms with Gasteiger partial charge in [0.1, 0.15) is 5.75 Å². The standard InChI is InChI=1S/C15H11ClO3/c16-12-6-8-13(9-7-12)19-14(15(17)18)10-11-4-2-1-3-5-11/h1-10H,(H,17,18)/b14-10+. The zero-order chi connectivity index (χ0) is 13.7. The lowest BCUT2D eigenvalue weighted by molar-refractivity contribution is -0.134. The van der Waals surface area contributed by atoms with E-state index in [1.54, 1.807) is 36.4 Å². The fraction of sp³-hybridized carbons (Fsp3) is 0. The lowest BCUT2D eigenvalue weighted by atomic mass is 10.2. The summed E-state index contributed by atoms with van der Waals surface area (Å²) in [5, 5.41) is 9.70. The Balaban J connectivity index is 2.24. The number of hydrogen-bond acceptors (Lipinski definition) is 2. The average Bonchev–Trinajstić information content (AvgIpc) is 2.41. The molecule has 2 aromatic rings. The molecule has 3 nitrogen and oxygen atoms in total. The summed E-state index contributed by atoms with van der Waals surface area (Å²) >= 11 is 5.75. The van der Waals surface area contributed by atoms with Gasteiger partial charge >= 0.3 is 5.97 Å². The van der Waals surface area contributed by atoms with Crippen molar-refractivity contribution >= 4 is 23.6 Å². The highest BCUT2D eigenvalue weighted by Crippen LogP contribution is 2.19. The summed E-state index contributed by atoms with van der Waals surface area (Å²) in [6.07, 6.45) is 1.47. The number of hydrogen-bond donors (Lipinski definition) is 1. The largest absolute Gasteiger partial charge is 0.475 e. The van der Waals surface area contributed by atoms with Crippen LogP contribution in [0.25, 0.3) is 6.08 Å². The van der Waals surface area contributed by atoms with E-state index in [1.165, 1.54) is 6.08 Å². The molecule has 1 N–H and O–H groups in total. The lowest BCUT2D eigenvalue weighted by Crippen LogP contribution is -2.07. The first-order valence-electron chi connectivity index (χ1n) is 5.58. The van der Waals surface area contributed by atoms with Crippen LogP contribution >= 0.6 is 11.6 Å². The first-order valence-corrected chi connectivity index (χ1v) is 5.96. The number of ether oxygens (including phenoxy) is 1. The van der Waals surface area contributed by atoms with Crippen molar-refractivity contribution in [2.75, 3.05) is 0 Å². The third kappa shape index (κ3) is 3.86. The van der Waals surface area contributed by atoms with Crippen LogP contribution in [0.5, 0.6) is 5.75 Å². The van der Waals surface area contributed by atoms with Gasteiger partial charge in [0.2, 0.25) is 5.76 Å². The third-order valence-corrected chi connectivity index (χ3v) is 2.60. The van der Waals surface area contributed by atoms with Crippen molar-refractivity contribution in [1.82, 2.24) is 0 Å². The molecule has 0 fully saturated rings. The molecule has 4 heteroatoms. The fourth-order valence-electron chi connectivity index (χ4n) is 1.47. The van der Waals surface area contributed by atoms with E-state index in [9.17, 15) is 4.79 Å². The van der Waals surface area contributed by atoms with E-state index >= 15 is 0 Å². The van der Waals surface area contributed by atoms with Crippen molar-refractivity contribution in [3.63, 3.8) is 0 Å². The van der Waals surface area contributed by atoms with Crippen LogP contribution < -0.4 is 4.74 Å². The van der Waals surface area contributed by atoms with Crippen molar-refractivity contribution < 1.29 is 14.6 Å². The smallest absolute Gasteiger partial charge is 0.371 e. The summed E-state index contributed by atoms with van der Waals surface area (Å²) in [6.45, 7) is 0. The molecule has 0 saturated heterocycles. The topological polar surface area (TPSA) is 46.5 Å². The first kappa shape index (κ1) is 13.2. The third-order valence-electron chi connectivity index (χ3n) is 2.35. The monoisotopic (exact) mass is 274 g/mol. The molecule has 0 radical (unpaired) electrons. The van der Waals surface area contributed by atoms with Gasteiger partial charge in [0.05, 0.1) is 0 Å². The van der Waals surface area contributed by atoms with Crippen LogP contribution in [0.3, 0.4) is 0 Å². The number of benzene rings is 2. The molecular formula is C15H11ClO3. The van der Waals surface area contributed by atoms with Crippen LogP contribution in [0, 0.1) is 0 Å². The van der Waals surface area contributed by atoms with Gasteiger partial charge in [-0.25, -0.2) is 4.79 Å². The maximum atomic E-state index is 11.2. The number of halogens is 1. The summed E-state index contributed by atoms with van der Waals surface area (Å²) in [4.78, 5) is 11.2. The molecule has 0 aliphatic heterocycles. The molecule has 19 heavy (non-hydrogen) atoms. The van der Waals surface area contributed by atoms with Crippen LogP contribution in [0.4, 0.5) is 0 Å². The van der Waals surface area contributed by atoms with Crippen LogP contribution in [0.15, 0.2) is 60.4 Å². The van der Waals surface area contributed by atoms with Crippen LogP contribution in [0.1, 0.15) is 5.56 Å². The molecule has 0 aromatic heterocycles. The highest BCUT2D eigenvalue weighted by molar-refractivity contribution is 6.30. The van der Waals surface area contributed by atoms with Crippen LogP contribution in [-0.4, -0.2) is 11.1 Å². The van der Waals surface area contributed by atoms with Crippen molar-refractivity contribution in [2.45, 2.75) is 0 Å². The minimum atomic E-state index is -1.13. The highest BCUT2D eigenvalue weighted by atomic mass is 35.5. The molecule has 2 aromatic carbocycles. The molecule has 2 rings (SSSR count). The second-order valence-electron chi connectivity index (χ2n) is 3.78. The number of carboxylic acid groups (broad SMARTS) is 1. The van der Waals surface area contributed by atoms with Gasteiger partial charge in [0.25, 0.3) is 0 Å². The summed E-state index contributed by atoms with van der Waals surface area (Å²) in [5.41, 5.74) is 0.758. The van der Waals surface area contributed by atoms with Gasteiger partial charge < -0.3 is 9.84 Å². The van der Waals surface area contributed by atoms with E-state index in [0.29, 0.717) is 10.8 Å². The van der Waals surface area contributed by atoms with Crippen LogP contribution in [-0.2, 0) is 4.79 Å². The van der Waals surface area contributed by atoms with E-state index < -0.39 is 5.97 Å². The molecule has 0 unspecified atom stereocenters. The van der Waals surface area contributed by atoms with Gasteiger partial charge in [-0.15, -0.1) is 0 Å². The quantitative estimate of drug-likeness (QED) is 0.680. The Labute approximate surface area is 115 Å². The number of rotatable bonds is 4. The molecule has 96 valence electrons. The zero-order valence-corrected chi connectivity index (χ0v) is 10.7. The van der Waals surface area contributed by atoms with E-state index in [1.807, 2.05) is 18.2 Å². The van der Waals surface area contributed by atoms with E-state index in [-0.39, 0.29) is 5.76 Å². The Morgan fingerprint density at radius 1 is 1.05 bits per heavy atom. The van der Waals surface area contributed by atoms with Gasteiger partial charge in [-0.05, 0) is 35.9 Å². The Kier molecular flexibility index (Phi) is 4.21. The minimum Gasteiger partial charge on any atom is -0.475 e. The Morgan fingerprint density at radius 3 is 2.26 bits per heavy atom. The van der Waals surface area contributed by atoms with Gasteiger partial charge in [-0.2, -0.15) is 0 Å². The summed E-state index contributed by atoms with van der Waals surface area (Å²) in [5.74, 6) is -0.846. The molecule has 0 atom stereocenters. The average molecular weight is 275 g/mol. The number of aliphatic carboxylic acids is 1. The predicted octanol–water partition coefficient (Wildman–Crippen LogP) is 3.84. The van der Waals surface area contributed by atoms with Gasteiger partial charge in [-0.1, -0.05) is 41.9 Å². The maximum Gasteiger partial charge on any atom is 0.371 e. The molecular weight excluding hydrogens is 264 g/mol. The molecule has 0 heterocycles. The number of carbonyl (C=O) groups is 1. The van der Waals surface area contributed by atoms with Crippen molar-refractivity contribution in [2.24, 2.45) is 0 Å². The summed E-state index contributed by atoms with van der Waals surface area (Å²) in [6, 6.07) is 15.6. The Bertz CT molecular complexity index is 589. The second-order valence-corrected chi connectivity index (χ2v) is 4.22. The predicted molar refractivity (Wildman–Crippen MR) is 74.1 cm³/mol. The number of carboxylic acids is 1. The minimum absolute atomic E-state index is 0.145. The Morgan fingerprint density at radius 2 is 1.68 bits per heavy atom. The first-order chi connectivity index (χ1) is 9.15. The summed E-state index contributed by atoms with van der Waals surface area (Å²) in [7, 11) is 0. The van der Waals surface area contributed by atoms with Gasteiger partial charge in [0.15, 0.2) is 0 Å². The molecule has 0 aliphatic carbocycles. The van der Waals surface area contributed by atoms with Gasteiger partial charge in [0, 0.05) is 5.02 Å². The normalized spacial score (nSPS) is 11.1. The van der Waals surface area contributed by atoms with Crippen LogP contribution in [0.2, 0.25) is 5.02 Å². The molecule has 0 spiro atoms. The Hall–Kier alpha value is -2.26.